The lowest BCUT2D eigenvalue weighted by atomic mass is 10.2. The maximum Gasteiger partial charge on any atom is 0.237 e. The summed E-state index contributed by atoms with van der Waals surface area (Å²) in [5.74, 6) is -0.326. The smallest absolute Gasteiger partial charge is 0.237 e. The number of carbonyl (C=O) groups excluding carboxylic acids is 1. The highest BCUT2D eigenvalue weighted by molar-refractivity contribution is 7.92. The Balaban J connectivity index is 2.22. The largest absolute Gasteiger partial charge is 0.353 e. The summed E-state index contributed by atoms with van der Waals surface area (Å²) in [6.45, 7) is 3.58. The van der Waals surface area contributed by atoms with Gasteiger partial charge in [0.15, 0.2) is 0 Å². The molecule has 2 aromatic carbocycles. The van der Waals surface area contributed by atoms with Gasteiger partial charge in [-0.3, -0.25) is 4.79 Å². The van der Waals surface area contributed by atoms with Crippen LogP contribution in [0.4, 0.5) is 0 Å². The molecule has 2 rings (SSSR count). The van der Waals surface area contributed by atoms with Crippen molar-refractivity contribution in [3.63, 3.8) is 0 Å². The fourth-order valence-corrected chi connectivity index (χ4v) is 3.49. The number of nitrogens with zero attached hydrogens (tertiary/aromatic N) is 1. The molecule has 1 amide bonds. The van der Waals surface area contributed by atoms with Gasteiger partial charge in [0.05, 0.1) is 6.54 Å². The Morgan fingerprint density at radius 3 is 2.19 bits per heavy atom. The lowest BCUT2D eigenvalue weighted by Gasteiger charge is -2.21. The molecule has 0 aliphatic carbocycles. The zero-order chi connectivity index (χ0) is 19.0. The Bertz CT molecular complexity index is 832. The van der Waals surface area contributed by atoms with Crippen LogP contribution in [0.5, 0.6) is 0 Å². The summed E-state index contributed by atoms with van der Waals surface area (Å²) in [7, 11) is -3.76. The summed E-state index contributed by atoms with van der Waals surface area (Å²) in [4.78, 5) is 12.1. The van der Waals surface area contributed by atoms with E-state index in [0.29, 0.717) is 0 Å². The summed E-state index contributed by atoms with van der Waals surface area (Å²) < 4.78 is 26.8. The molecule has 0 aliphatic rings. The van der Waals surface area contributed by atoms with E-state index in [2.05, 4.69) is 5.32 Å². The second kappa shape index (κ2) is 9.31. The molecule has 0 aliphatic heterocycles. The van der Waals surface area contributed by atoms with E-state index in [1.807, 2.05) is 74.5 Å². The van der Waals surface area contributed by atoms with Gasteiger partial charge < -0.3 is 5.32 Å². The minimum Gasteiger partial charge on any atom is -0.353 e. The zero-order valence-corrected chi connectivity index (χ0v) is 15.8. The first kappa shape index (κ1) is 19.9. The van der Waals surface area contributed by atoms with E-state index < -0.39 is 10.0 Å². The van der Waals surface area contributed by atoms with Crippen LogP contribution in [0.3, 0.4) is 0 Å². The molecule has 6 heteroatoms. The summed E-state index contributed by atoms with van der Waals surface area (Å²) in [6, 6.07) is 18.3. The molecule has 2 aromatic rings. The van der Waals surface area contributed by atoms with Crippen molar-refractivity contribution in [3.05, 3.63) is 77.2 Å². The number of hydrogen-bond acceptors (Lipinski definition) is 3. The van der Waals surface area contributed by atoms with Crippen LogP contribution >= 0.6 is 0 Å². The highest BCUT2D eigenvalue weighted by Crippen LogP contribution is 2.13. The molecule has 0 heterocycles. The molecule has 26 heavy (non-hydrogen) atoms. The number of hydrogen-bond donors (Lipinski definition) is 1. The molecular formula is C20H24N2O3S. The molecule has 0 fully saturated rings. The number of nitrogens with one attached hydrogen (secondary N) is 1. The van der Waals surface area contributed by atoms with E-state index in [9.17, 15) is 13.2 Å². The van der Waals surface area contributed by atoms with Gasteiger partial charge in [-0.1, -0.05) is 60.7 Å². The minimum atomic E-state index is -3.76. The SMILES string of the molecule is CC(C)NC(=O)CN(Cc1ccccc1)S(=O)(=O)/C=C/c1ccccc1. The van der Waals surface area contributed by atoms with Gasteiger partial charge in [0.25, 0.3) is 0 Å². The molecule has 0 saturated heterocycles. The third-order valence-electron chi connectivity index (χ3n) is 3.56. The zero-order valence-electron chi connectivity index (χ0n) is 15.0. The first-order chi connectivity index (χ1) is 12.4. The number of benzene rings is 2. The normalized spacial score (nSPS) is 12.0. The van der Waals surface area contributed by atoms with Crippen molar-refractivity contribution in [3.8, 4) is 0 Å². The van der Waals surface area contributed by atoms with Gasteiger partial charge in [-0.15, -0.1) is 0 Å². The van der Waals surface area contributed by atoms with E-state index in [1.165, 1.54) is 10.4 Å². The topological polar surface area (TPSA) is 66.5 Å². The Labute approximate surface area is 155 Å². The lowest BCUT2D eigenvalue weighted by Crippen LogP contribution is -2.41. The van der Waals surface area contributed by atoms with Crippen molar-refractivity contribution < 1.29 is 13.2 Å². The van der Waals surface area contributed by atoms with Crippen LogP contribution in [-0.2, 0) is 21.4 Å². The number of rotatable bonds is 8. The molecule has 1 N–H and O–H groups in total. The summed E-state index contributed by atoms with van der Waals surface area (Å²) in [5, 5.41) is 3.88. The maximum atomic E-state index is 12.8. The monoisotopic (exact) mass is 372 g/mol. The molecule has 0 aromatic heterocycles. The van der Waals surface area contributed by atoms with E-state index in [-0.39, 0.29) is 25.0 Å². The van der Waals surface area contributed by atoms with Gasteiger partial charge >= 0.3 is 0 Å². The van der Waals surface area contributed by atoms with Gasteiger partial charge in [-0.25, -0.2) is 8.42 Å². The molecule has 5 nitrogen and oxygen atoms in total. The molecule has 0 saturated carbocycles. The Hall–Kier alpha value is -2.44. The second-order valence-corrected chi connectivity index (χ2v) is 8.05. The predicted octanol–water partition coefficient (Wildman–Crippen LogP) is 3.01. The molecule has 0 radical (unpaired) electrons. The van der Waals surface area contributed by atoms with Gasteiger partial charge in [0.2, 0.25) is 15.9 Å². The number of amides is 1. The van der Waals surface area contributed by atoms with E-state index >= 15 is 0 Å². The summed E-state index contributed by atoms with van der Waals surface area (Å²) >= 11 is 0. The average molecular weight is 372 g/mol. The highest BCUT2D eigenvalue weighted by Gasteiger charge is 2.22. The molecule has 0 unspecified atom stereocenters. The average Bonchev–Trinajstić information content (AvgIpc) is 2.61. The molecule has 0 spiro atoms. The molecule has 138 valence electrons. The molecule has 0 bridgehead atoms. The molecular weight excluding hydrogens is 348 g/mol. The van der Waals surface area contributed by atoms with Crippen molar-refractivity contribution in [2.45, 2.75) is 26.4 Å². The van der Waals surface area contributed by atoms with Gasteiger partial charge in [-0.2, -0.15) is 4.31 Å². The van der Waals surface area contributed by atoms with Crippen LogP contribution in [0.15, 0.2) is 66.1 Å². The van der Waals surface area contributed by atoms with Gasteiger partial charge in [0, 0.05) is 18.0 Å². The van der Waals surface area contributed by atoms with Crippen molar-refractivity contribution in [2.24, 2.45) is 0 Å². The van der Waals surface area contributed by atoms with Crippen LogP contribution in [0.2, 0.25) is 0 Å². The number of carbonyl (C=O) groups is 1. The van der Waals surface area contributed by atoms with Crippen LogP contribution in [0.1, 0.15) is 25.0 Å². The Morgan fingerprint density at radius 1 is 1.04 bits per heavy atom. The fourth-order valence-electron chi connectivity index (χ4n) is 2.37. The Kier molecular flexibility index (Phi) is 7.12. The van der Waals surface area contributed by atoms with Gasteiger partial charge in [0.1, 0.15) is 0 Å². The van der Waals surface area contributed by atoms with Crippen molar-refractivity contribution in [1.29, 1.82) is 0 Å². The van der Waals surface area contributed by atoms with Crippen molar-refractivity contribution in [2.75, 3.05) is 6.54 Å². The predicted molar refractivity (Wildman–Crippen MR) is 105 cm³/mol. The quantitative estimate of drug-likeness (QED) is 0.775. The third-order valence-corrected chi connectivity index (χ3v) is 5.02. The van der Waals surface area contributed by atoms with Crippen LogP contribution in [0, 0.1) is 0 Å². The van der Waals surface area contributed by atoms with Crippen molar-refractivity contribution >= 4 is 22.0 Å². The van der Waals surface area contributed by atoms with Crippen LogP contribution in [0.25, 0.3) is 6.08 Å². The summed E-state index contributed by atoms with van der Waals surface area (Å²) in [5.41, 5.74) is 1.60. The second-order valence-electron chi connectivity index (χ2n) is 6.23. The van der Waals surface area contributed by atoms with E-state index in [0.717, 1.165) is 16.5 Å². The first-order valence-electron chi connectivity index (χ1n) is 8.43. The minimum absolute atomic E-state index is 0.0522. The number of sulfonamides is 1. The fraction of sp³-hybridized carbons (Fsp3) is 0.250. The van der Waals surface area contributed by atoms with Gasteiger partial charge in [-0.05, 0) is 31.1 Å². The maximum absolute atomic E-state index is 12.8. The first-order valence-corrected chi connectivity index (χ1v) is 9.94. The summed E-state index contributed by atoms with van der Waals surface area (Å²) in [6.07, 6.45) is 1.54. The lowest BCUT2D eigenvalue weighted by molar-refractivity contribution is -0.121. The Morgan fingerprint density at radius 2 is 1.62 bits per heavy atom. The highest BCUT2D eigenvalue weighted by atomic mass is 32.2. The van der Waals surface area contributed by atoms with Crippen molar-refractivity contribution in [1.82, 2.24) is 9.62 Å². The van der Waals surface area contributed by atoms with E-state index in [1.54, 1.807) is 0 Å². The van der Waals surface area contributed by atoms with Crippen LogP contribution < -0.4 is 5.32 Å². The standard InChI is InChI=1S/C20H24N2O3S/c1-17(2)21-20(23)16-22(15-19-11-7-4-8-12-19)26(24,25)14-13-18-9-5-3-6-10-18/h3-14,17H,15-16H2,1-2H3,(H,21,23)/b14-13+. The third kappa shape index (κ3) is 6.46. The van der Waals surface area contributed by atoms with Crippen LogP contribution in [-0.4, -0.2) is 31.2 Å². The molecule has 0 atom stereocenters. The van der Waals surface area contributed by atoms with E-state index in [4.69, 9.17) is 0 Å².